The Hall–Kier alpha value is -0.930. The lowest BCUT2D eigenvalue weighted by molar-refractivity contribution is 0.613. The molecule has 0 saturated heterocycles. The summed E-state index contributed by atoms with van der Waals surface area (Å²) < 4.78 is 1.29. The molecule has 2 nitrogen and oxygen atoms in total. The SMILES string of the molecule is NC1(CCc2cc3ccncc3s2)CC1. The van der Waals surface area contributed by atoms with E-state index in [-0.39, 0.29) is 5.54 Å². The monoisotopic (exact) mass is 218 g/mol. The first-order valence-corrected chi connectivity index (χ1v) is 6.18. The van der Waals surface area contributed by atoms with Crippen molar-refractivity contribution in [1.29, 1.82) is 0 Å². The Kier molecular flexibility index (Phi) is 2.04. The number of fused-ring (bicyclic) bond motifs is 1. The van der Waals surface area contributed by atoms with Crippen LogP contribution < -0.4 is 5.73 Å². The van der Waals surface area contributed by atoms with Crippen molar-refractivity contribution in [1.82, 2.24) is 4.98 Å². The van der Waals surface area contributed by atoms with E-state index in [1.165, 1.54) is 27.8 Å². The molecule has 3 rings (SSSR count). The summed E-state index contributed by atoms with van der Waals surface area (Å²) in [5.74, 6) is 0. The van der Waals surface area contributed by atoms with Gasteiger partial charge in [0, 0.05) is 22.8 Å². The molecule has 0 spiro atoms. The fourth-order valence-electron chi connectivity index (χ4n) is 1.85. The average molecular weight is 218 g/mol. The second-order valence-corrected chi connectivity index (χ2v) is 5.66. The smallest absolute Gasteiger partial charge is 0.0529 e. The summed E-state index contributed by atoms with van der Waals surface area (Å²) in [6.45, 7) is 0. The van der Waals surface area contributed by atoms with Crippen molar-refractivity contribution in [3.05, 3.63) is 29.4 Å². The van der Waals surface area contributed by atoms with Crippen molar-refractivity contribution in [3.63, 3.8) is 0 Å². The fourth-order valence-corrected chi connectivity index (χ4v) is 2.88. The molecule has 0 aromatic carbocycles. The van der Waals surface area contributed by atoms with Gasteiger partial charge < -0.3 is 5.73 Å². The Morgan fingerprint density at radius 2 is 2.33 bits per heavy atom. The van der Waals surface area contributed by atoms with Gasteiger partial charge in [-0.15, -0.1) is 11.3 Å². The molecule has 78 valence electrons. The van der Waals surface area contributed by atoms with Crippen LogP contribution in [0.2, 0.25) is 0 Å². The number of pyridine rings is 1. The van der Waals surface area contributed by atoms with E-state index in [0.29, 0.717) is 0 Å². The molecule has 0 bridgehead atoms. The predicted molar refractivity (Wildman–Crippen MR) is 64.1 cm³/mol. The van der Waals surface area contributed by atoms with Gasteiger partial charge in [0.1, 0.15) is 0 Å². The van der Waals surface area contributed by atoms with Crippen LogP contribution in [0.4, 0.5) is 0 Å². The van der Waals surface area contributed by atoms with E-state index in [1.807, 2.05) is 23.7 Å². The van der Waals surface area contributed by atoms with Crippen LogP contribution in [0.5, 0.6) is 0 Å². The van der Waals surface area contributed by atoms with Crippen LogP contribution in [0.25, 0.3) is 10.1 Å². The minimum atomic E-state index is 0.175. The molecule has 1 aliphatic rings. The summed E-state index contributed by atoms with van der Waals surface area (Å²) in [5.41, 5.74) is 6.26. The number of aryl methyl sites for hydroxylation is 1. The molecular weight excluding hydrogens is 204 g/mol. The first-order valence-electron chi connectivity index (χ1n) is 5.37. The van der Waals surface area contributed by atoms with Gasteiger partial charge in [-0.05, 0) is 43.2 Å². The second-order valence-electron chi connectivity index (χ2n) is 4.49. The molecule has 0 amide bonds. The summed E-state index contributed by atoms with van der Waals surface area (Å²) in [6.07, 6.45) is 8.46. The van der Waals surface area contributed by atoms with Gasteiger partial charge >= 0.3 is 0 Å². The topological polar surface area (TPSA) is 38.9 Å². The van der Waals surface area contributed by atoms with Crippen LogP contribution in [-0.2, 0) is 6.42 Å². The largest absolute Gasteiger partial charge is 0.325 e. The molecule has 2 aromatic heterocycles. The van der Waals surface area contributed by atoms with Gasteiger partial charge in [0.25, 0.3) is 0 Å². The lowest BCUT2D eigenvalue weighted by atomic mass is 10.1. The third-order valence-corrected chi connectivity index (χ3v) is 4.28. The average Bonchev–Trinajstić information content (AvgIpc) is 2.83. The molecule has 2 aromatic rings. The highest BCUT2D eigenvalue weighted by Gasteiger charge is 2.37. The Morgan fingerprint density at radius 3 is 3.07 bits per heavy atom. The van der Waals surface area contributed by atoms with E-state index in [1.54, 1.807) is 0 Å². The lowest BCUT2D eigenvalue weighted by Crippen LogP contribution is -2.21. The maximum atomic E-state index is 6.08. The van der Waals surface area contributed by atoms with Crippen molar-refractivity contribution < 1.29 is 0 Å². The maximum absolute atomic E-state index is 6.08. The second kappa shape index (κ2) is 3.29. The van der Waals surface area contributed by atoms with Crippen molar-refractivity contribution in [2.45, 2.75) is 31.2 Å². The van der Waals surface area contributed by atoms with Crippen molar-refractivity contribution in [2.75, 3.05) is 0 Å². The molecule has 0 atom stereocenters. The van der Waals surface area contributed by atoms with Gasteiger partial charge in [-0.2, -0.15) is 0 Å². The first-order chi connectivity index (χ1) is 7.25. The van der Waals surface area contributed by atoms with Crippen LogP contribution in [0.1, 0.15) is 24.1 Å². The number of nitrogens with zero attached hydrogens (tertiary/aromatic N) is 1. The van der Waals surface area contributed by atoms with Gasteiger partial charge in [-0.3, -0.25) is 4.98 Å². The zero-order valence-corrected chi connectivity index (χ0v) is 9.39. The van der Waals surface area contributed by atoms with Gasteiger partial charge in [0.2, 0.25) is 0 Å². The van der Waals surface area contributed by atoms with Crippen LogP contribution in [0, 0.1) is 0 Å². The number of hydrogen-bond acceptors (Lipinski definition) is 3. The Morgan fingerprint density at radius 1 is 1.47 bits per heavy atom. The van der Waals surface area contributed by atoms with Crippen LogP contribution in [0.15, 0.2) is 24.5 Å². The normalized spacial score (nSPS) is 18.2. The number of thiophene rings is 1. The molecule has 3 heteroatoms. The molecule has 1 fully saturated rings. The summed E-state index contributed by atoms with van der Waals surface area (Å²) >= 11 is 1.85. The van der Waals surface area contributed by atoms with Gasteiger partial charge in [0.05, 0.1) is 4.70 Å². The minimum absolute atomic E-state index is 0.175. The summed E-state index contributed by atoms with van der Waals surface area (Å²) in [4.78, 5) is 5.57. The molecule has 2 N–H and O–H groups in total. The summed E-state index contributed by atoms with van der Waals surface area (Å²) in [5, 5.41) is 1.31. The van der Waals surface area contributed by atoms with Crippen LogP contribution in [-0.4, -0.2) is 10.5 Å². The Balaban J connectivity index is 1.79. The Bertz CT molecular complexity index is 452. The third-order valence-electron chi connectivity index (χ3n) is 3.14. The molecule has 0 radical (unpaired) electrons. The van der Waals surface area contributed by atoms with E-state index >= 15 is 0 Å². The zero-order chi connectivity index (χ0) is 10.3. The Labute approximate surface area is 93.1 Å². The molecule has 0 aliphatic heterocycles. The van der Waals surface area contributed by atoms with E-state index in [9.17, 15) is 0 Å². The number of nitrogens with two attached hydrogens (primary N) is 1. The van der Waals surface area contributed by atoms with E-state index in [2.05, 4.69) is 17.1 Å². The highest BCUT2D eigenvalue weighted by Crippen LogP contribution is 2.37. The number of aromatic nitrogens is 1. The van der Waals surface area contributed by atoms with E-state index in [4.69, 9.17) is 5.73 Å². The minimum Gasteiger partial charge on any atom is -0.325 e. The number of hydrogen-bond donors (Lipinski definition) is 1. The lowest BCUT2D eigenvalue weighted by Gasteiger charge is -2.05. The maximum Gasteiger partial charge on any atom is 0.0529 e. The molecule has 0 unspecified atom stereocenters. The summed E-state index contributed by atoms with van der Waals surface area (Å²) in [7, 11) is 0. The zero-order valence-electron chi connectivity index (χ0n) is 8.57. The van der Waals surface area contributed by atoms with Gasteiger partial charge in [-0.1, -0.05) is 0 Å². The molecule has 1 aliphatic carbocycles. The third kappa shape index (κ3) is 1.90. The summed E-state index contributed by atoms with van der Waals surface area (Å²) in [6, 6.07) is 4.35. The molecular formula is C12H14N2S. The first kappa shape index (κ1) is 9.31. The van der Waals surface area contributed by atoms with Gasteiger partial charge in [0.15, 0.2) is 0 Å². The van der Waals surface area contributed by atoms with E-state index < -0.39 is 0 Å². The quantitative estimate of drug-likeness (QED) is 0.860. The highest BCUT2D eigenvalue weighted by atomic mass is 32.1. The van der Waals surface area contributed by atoms with Crippen molar-refractivity contribution >= 4 is 21.4 Å². The van der Waals surface area contributed by atoms with Crippen molar-refractivity contribution in [3.8, 4) is 0 Å². The number of rotatable bonds is 3. The molecule has 1 saturated carbocycles. The molecule has 15 heavy (non-hydrogen) atoms. The predicted octanol–water partition coefficient (Wildman–Crippen LogP) is 2.72. The van der Waals surface area contributed by atoms with Crippen LogP contribution >= 0.6 is 11.3 Å². The van der Waals surface area contributed by atoms with Gasteiger partial charge in [-0.25, -0.2) is 0 Å². The fraction of sp³-hybridized carbons (Fsp3) is 0.417. The standard InChI is InChI=1S/C12H14N2S/c13-12(4-5-12)3-1-10-7-9-2-6-14-8-11(9)15-10/h2,6-8H,1,3-5,13H2. The van der Waals surface area contributed by atoms with Crippen molar-refractivity contribution in [2.24, 2.45) is 5.73 Å². The highest BCUT2D eigenvalue weighted by molar-refractivity contribution is 7.19. The van der Waals surface area contributed by atoms with E-state index in [0.717, 1.165) is 12.8 Å². The molecule has 2 heterocycles. The van der Waals surface area contributed by atoms with Crippen LogP contribution in [0.3, 0.4) is 0 Å².